The van der Waals surface area contributed by atoms with Crippen molar-refractivity contribution in [2.75, 3.05) is 0 Å². The van der Waals surface area contributed by atoms with Crippen LogP contribution in [0.2, 0.25) is 0 Å². The fourth-order valence-electron chi connectivity index (χ4n) is 3.05. The van der Waals surface area contributed by atoms with Gasteiger partial charge in [0, 0.05) is 12.4 Å². The first kappa shape index (κ1) is 54.2. The molecule has 0 atom stereocenters. The summed E-state index contributed by atoms with van der Waals surface area (Å²) in [4.78, 5) is 34.4. The molecule has 0 aliphatic rings. The quantitative estimate of drug-likeness (QED) is 0.108. The first-order valence-corrected chi connectivity index (χ1v) is 10.5. The molecule has 0 aliphatic heterocycles. The Kier molecular flexibility index (Phi) is 32.5. The average Bonchev–Trinajstić information content (AvgIpc) is 3.36. The summed E-state index contributed by atoms with van der Waals surface area (Å²) in [7, 11) is 0. The first-order chi connectivity index (χ1) is 19.3. The molecule has 5 rings (SSSR count). The first-order valence-electron chi connectivity index (χ1n) is 10.5. The minimum atomic E-state index is -1.75. The second-order valence-corrected chi connectivity index (χ2v) is 6.88. The van der Waals surface area contributed by atoms with Gasteiger partial charge in [0.2, 0.25) is 0 Å². The number of rotatable bonds is 4. The normalized spacial score (nSPS) is 8.04. The molecule has 25 heteroatoms. The summed E-state index contributed by atoms with van der Waals surface area (Å²) in [5.41, 5.74) is 3.97. The van der Waals surface area contributed by atoms with Gasteiger partial charge in [0.05, 0.1) is 32.9 Å². The maximum absolute atomic E-state index is 8.53. The molecule has 23 nitrogen and oxygen atoms in total. The van der Waals surface area contributed by atoms with Crippen LogP contribution in [0, 0.1) is 30.6 Å². The van der Waals surface area contributed by atoms with Crippen LogP contribution in [-0.2, 0) is 34.1 Å². The Hall–Kier alpha value is -5.30. The van der Waals surface area contributed by atoms with Gasteiger partial charge < -0.3 is 68.5 Å². The van der Waals surface area contributed by atoms with E-state index in [9.17, 15) is 0 Å². The van der Waals surface area contributed by atoms with Crippen LogP contribution in [0.4, 0.5) is 0 Å². The molecule has 5 heterocycles. The maximum atomic E-state index is 8.53. The van der Waals surface area contributed by atoms with Crippen LogP contribution < -0.4 is 0 Å². The molecule has 0 saturated carbocycles. The number of hydrogen-bond donors (Lipinski definition) is 2. The Labute approximate surface area is 284 Å². The van der Waals surface area contributed by atoms with Crippen LogP contribution in [-0.4, -0.2) is 82.9 Å². The molecule has 264 valence electrons. The van der Waals surface area contributed by atoms with Gasteiger partial charge in [0.25, 0.3) is 0 Å². The van der Waals surface area contributed by atoms with Crippen molar-refractivity contribution < 1.29 is 82.2 Å². The SMILES string of the molecule is O.O.O.O.O=[N+]([O-])[O-].O=[N+]([O-])[O-].OO.[Cu+2].[Cu+2].[NH-]n1c(-c2cccc(-c3ccccn3)n2)nnc1-c1cccc(-c2ccccn2)n1.[OH-]. The van der Waals surface area contributed by atoms with Crippen molar-refractivity contribution in [2.45, 2.75) is 0 Å². The number of hydrogen-bond acceptors (Lipinski definition) is 15. The summed E-state index contributed by atoms with van der Waals surface area (Å²) in [6.07, 6.45) is 3.43. The van der Waals surface area contributed by atoms with E-state index in [2.05, 4.69) is 30.1 Å². The Balaban J connectivity index is -0.000000222. The summed E-state index contributed by atoms with van der Waals surface area (Å²) in [5, 5.41) is 49.9. The van der Waals surface area contributed by atoms with E-state index in [1.807, 2.05) is 60.7 Å². The predicted octanol–water partition coefficient (Wildman–Crippen LogP) is 0.400. The second-order valence-electron chi connectivity index (χ2n) is 6.88. The van der Waals surface area contributed by atoms with Crippen LogP contribution >= 0.6 is 0 Å². The molecule has 0 aromatic carbocycles. The van der Waals surface area contributed by atoms with E-state index in [1.165, 1.54) is 0 Å². The van der Waals surface area contributed by atoms with E-state index in [-0.39, 0.29) is 61.5 Å². The van der Waals surface area contributed by atoms with Crippen LogP contribution in [0.5, 0.6) is 0 Å². The third-order valence-corrected chi connectivity index (χ3v) is 4.47. The van der Waals surface area contributed by atoms with Gasteiger partial charge in [-0.05, 0) is 48.5 Å². The Morgan fingerprint density at radius 1 is 0.553 bits per heavy atom. The number of nitrogens with one attached hydrogen (secondary N) is 1. The second kappa shape index (κ2) is 28.2. The maximum Gasteiger partial charge on any atom is 2.00 e. The van der Waals surface area contributed by atoms with E-state index >= 15 is 0 Å². The molecule has 0 aliphatic carbocycles. The van der Waals surface area contributed by atoms with E-state index < -0.39 is 10.2 Å². The van der Waals surface area contributed by atoms with Gasteiger partial charge in [-0.2, -0.15) is 0 Å². The minimum Gasteiger partial charge on any atom is -0.870 e. The number of aromatic nitrogens is 7. The van der Waals surface area contributed by atoms with Crippen molar-refractivity contribution in [2.24, 2.45) is 0 Å². The topological polar surface area (TPSA) is 435 Å². The van der Waals surface area contributed by atoms with Gasteiger partial charge >= 0.3 is 34.1 Å². The predicted molar refractivity (Wildman–Crippen MR) is 155 cm³/mol. The van der Waals surface area contributed by atoms with Gasteiger partial charge in [0.15, 0.2) is 11.6 Å². The van der Waals surface area contributed by atoms with E-state index in [0.717, 1.165) is 16.1 Å². The summed E-state index contributed by atoms with van der Waals surface area (Å²) in [6, 6.07) is 22.3. The molecule has 12 N–H and O–H groups in total. The van der Waals surface area contributed by atoms with Crippen LogP contribution in [0.3, 0.4) is 0 Å². The molecule has 0 spiro atoms. The van der Waals surface area contributed by atoms with Crippen LogP contribution in [0.25, 0.3) is 51.7 Å². The molecule has 5 aromatic rings. The van der Waals surface area contributed by atoms with Crippen LogP contribution in [0.1, 0.15) is 0 Å². The fraction of sp³-hybridized carbons (Fsp3) is 0. The molecule has 2 radical (unpaired) electrons. The van der Waals surface area contributed by atoms with E-state index in [1.54, 1.807) is 24.5 Å². The largest absolute Gasteiger partial charge is 2.00 e. The molecular weight excluding hydrogens is 739 g/mol. The standard InChI is InChI=1S/C22H15N8.2Cu.2NO3.H2O2.5H2O/c23-30-21(19-11-5-9-17(26-19)15-7-1-3-13-24-15)28-29-22(30)20-12-6-10-18(27-20)16-8-2-4-14-25-16;;;2*2-1(3)4;1-2;;;;;/h1-14,23H;;;;;1-2H;5*1H2/q-1;2*+2;2*-1;;;;;;/p-1. The molecular formula is C22H26Cu2N10O13. The van der Waals surface area contributed by atoms with Crippen molar-refractivity contribution in [1.82, 2.24) is 34.8 Å². The molecule has 0 saturated heterocycles. The molecule has 0 unspecified atom stereocenters. The Morgan fingerprint density at radius 3 is 1.11 bits per heavy atom. The van der Waals surface area contributed by atoms with E-state index in [0.29, 0.717) is 34.4 Å². The summed E-state index contributed by atoms with van der Waals surface area (Å²) in [6.45, 7) is 0. The van der Waals surface area contributed by atoms with Crippen molar-refractivity contribution in [3.05, 3.63) is 122 Å². The van der Waals surface area contributed by atoms with Crippen molar-refractivity contribution >= 4 is 0 Å². The fourth-order valence-corrected chi connectivity index (χ4v) is 3.05. The molecule has 0 bridgehead atoms. The van der Waals surface area contributed by atoms with Crippen molar-refractivity contribution in [3.8, 4) is 45.8 Å². The van der Waals surface area contributed by atoms with E-state index in [4.69, 9.17) is 47.0 Å². The van der Waals surface area contributed by atoms with Gasteiger partial charge in [0.1, 0.15) is 11.4 Å². The zero-order valence-corrected chi connectivity index (χ0v) is 24.9. The third kappa shape index (κ3) is 17.1. The third-order valence-electron chi connectivity index (χ3n) is 4.47. The molecule has 47 heavy (non-hydrogen) atoms. The van der Waals surface area contributed by atoms with Gasteiger partial charge in [-0.3, -0.25) is 20.5 Å². The van der Waals surface area contributed by atoms with Gasteiger partial charge in [-0.25, -0.2) is 9.97 Å². The van der Waals surface area contributed by atoms with Crippen molar-refractivity contribution in [1.29, 1.82) is 0 Å². The smallest absolute Gasteiger partial charge is 0.870 e. The summed E-state index contributed by atoms with van der Waals surface area (Å²) >= 11 is 0. The molecule has 5 aromatic heterocycles. The van der Waals surface area contributed by atoms with Gasteiger partial charge in [-0.15, -0.1) is 10.2 Å². The Bertz CT molecular complexity index is 1420. The monoisotopic (exact) mass is 764 g/mol. The molecule has 0 fully saturated rings. The van der Waals surface area contributed by atoms with Gasteiger partial charge in [-0.1, -0.05) is 24.3 Å². The van der Waals surface area contributed by atoms with Crippen LogP contribution in [0.15, 0.2) is 85.2 Å². The molecule has 0 amide bonds. The number of pyridine rings is 4. The number of nitrogens with zero attached hydrogens (tertiary/aromatic N) is 9. The minimum absolute atomic E-state index is 0. The zero-order chi connectivity index (χ0) is 29.5. The summed E-state index contributed by atoms with van der Waals surface area (Å²) < 4.78 is 1.15. The zero-order valence-electron chi connectivity index (χ0n) is 23.0. The summed E-state index contributed by atoms with van der Waals surface area (Å²) in [5.74, 6) is 9.19. The average molecular weight is 766 g/mol. The van der Waals surface area contributed by atoms with Crippen molar-refractivity contribution in [3.63, 3.8) is 0 Å². The Morgan fingerprint density at radius 2 is 0.830 bits per heavy atom.